The van der Waals surface area contributed by atoms with Crippen LogP contribution in [0.2, 0.25) is 0 Å². The maximum atomic E-state index is 11.5. The zero-order chi connectivity index (χ0) is 19.6. The van der Waals surface area contributed by atoms with Gasteiger partial charge in [0.1, 0.15) is 5.69 Å². The van der Waals surface area contributed by atoms with Crippen LogP contribution in [0.4, 0.5) is 11.4 Å². The Hall–Kier alpha value is -2.49. The summed E-state index contributed by atoms with van der Waals surface area (Å²) in [7, 11) is -4.00. The van der Waals surface area contributed by atoms with Crippen LogP contribution in [-0.4, -0.2) is 37.4 Å². The van der Waals surface area contributed by atoms with E-state index in [1.807, 2.05) is 18.2 Å². The van der Waals surface area contributed by atoms with E-state index < -0.39 is 14.9 Å². The molecule has 1 heterocycles. The predicted octanol–water partition coefficient (Wildman–Crippen LogP) is 2.17. The minimum Gasteiger partial charge on any atom is -0.375 e. The smallest absolute Gasteiger partial charge is 0.293 e. The molecule has 144 valence electrons. The van der Waals surface area contributed by atoms with Crippen molar-refractivity contribution < 1.29 is 13.3 Å². The minimum atomic E-state index is -4.00. The summed E-state index contributed by atoms with van der Waals surface area (Å²) in [5, 5.41) is 19.7. The van der Waals surface area contributed by atoms with Crippen molar-refractivity contribution in [3.05, 3.63) is 64.2 Å². The lowest BCUT2D eigenvalue weighted by Crippen LogP contribution is -2.28. The highest BCUT2D eigenvalue weighted by Gasteiger charge is 2.31. The Morgan fingerprint density at radius 1 is 1.22 bits per heavy atom. The molecular weight excluding hydrogens is 368 g/mol. The molecule has 1 saturated heterocycles. The second-order valence-electron chi connectivity index (χ2n) is 6.89. The van der Waals surface area contributed by atoms with E-state index in [4.69, 9.17) is 5.14 Å². The normalized spacial score (nSPS) is 20.5. The molecule has 1 aliphatic heterocycles. The molecule has 0 radical (unpaired) electrons. The molecule has 0 bridgehead atoms. The van der Waals surface area contributed by atoms with Gasteiger partial charge in [0.25, 0.3) is 5.69 Å². The zero-order valence-electron chi connectivity index (χ0n) is 14.9. The SMILES string of the molecule is CC1CN(Cc2ccccc2)CC1Nc1ccc(S(N)(=O)=O)cc1[N+](=O)[O-]. The van der Waals surface area contributed by atoms with E-state index in [9.17, 15) is 18.5 Å². The van der Waals surface area contributed by atoms with E-state index in [2.05, 4.69) is 29.3 Å². The number of primary sulfonamides is 1. The molecule has 0 amide bonds. The third-order valence-corrected chi connectivity index (χ3v) is 5.68. The Kier molecular flexibility index (Phi) is 5.45. The van der Waals surface area contributed by atoms with Crippen molar-refractivity contribution in [2.75, 3.05) is 18.4 Å². The molecule has 3 rings (SSSR count). The number of nitrogens with zero attached hydrogens (tertiary/aromatic N) is 2. The van der Waals surface area contributed by atoms with E-state index in [0.717, 1.165) is 25.7 Å². The van der Waals surface area contributed by atoms with Crippen molar-refractivity contribution in [2.45, 2.75) is 24.4 Å². The van der Waals surface area contributed by atoms with Crippen LogP contribution in [0.3, 0.4) is 0 Å². The second kappa shape index (κ2) is 7.63. The summed E-state index contributed by atoms with van der Waals surface area (Å²) in [5.41, 5.74) is 1.22. The second-order valence-corrected chi connectivity index (χ2v) is 8.45. The van der Waals surface area contributed by atoms with Gasteiger partial charge >= 0.3 is 0 Å². The van der Waals surface area contributed by atoms with E-state index in [1.165, 1.54) is 17.7 Å². The third-order valence-electron chi connectivity index (χ3n) is 4.77. The van der Waals surface area contributed by atoms with Crippen molar-refractivity contribution >= 4 is 21.4 Å². The highest BCUT2D eigenvalue weighted by Crippen LogP contribution is 2.30. The molecular formula is C18H22N4O4S. The van der Waals surface area contributed by atoms with E-state index in [1.54, 1.807) is 0 Å². The maximum absolute atomic E-state index is 11.5. The summed E-state index contributed by atoms with van der Waals surface area (Å²) in [5.74, 6) is 0.284. The summed E-state index contributed by atoms with van der Waals surface area (Å²) in [6.07, 6.45) is 0. The van der Waals surface area contributed by atoms with Gasteiger partial charge in [-0.3, -0.25) is 15.0 Å². The summed E-state index contributed by atoms with van der Waals surface area (Å²) in [6.45, 7) is 4.52. The molecule has 0 saturated carbocycles. The lowest BCUT2D eigenvalue weighted by Gasteiger charge is -2.18. The number of benzene rings is 2. The van der Waals surface area contributed by atoms with E-state index in [-0.39, 0.29) is 22.5 Å². The van der Waals surface area contributed by atoms with Crippen LogP contribution in [0.15, 0.2) is 53.4 Å². The molecule has 2 atom stereocenters. The predicted molar refractivity (Wildman–Crippen MR) is 103 cm³/mol. The topological polar surface area (TPSA) is 119 Å². The number of hydrogen-bond acceptors (Lipinski definition) is 6. The fourth-order valence-corrected chi connectivity index (χ4v) is 3.92. The molecule has 3 N–H and O–H groups in total. The van der Waals surface area contributed by atoms with Gasteiger partial charge in [-0.05, 0) is 23.6 Å². The summed E-state index contributed by atoms with van der Waals surface area (Å²) in [4.78, 5) is 12.8. The Morgan fingerprint density at radius 3 is 2.56 bits per heavy atom. The number of likely N-dealkylation sites (tertiary alicyclic amines) is 1. The molecule has 2 aromatic carbocycles. The average molecular weight is 390 g/mol. The minimum absolute atomic E-state index is 0.0211. The maximum Gasteiger partial charge on any atom is 0.293 e. The third kappa shape index (κ3) is 4.62. The van der Waals surface area contributed by atoms with Gasteiger partial charge in [-0.2, -0.15) is 0 Å². The Labute approximate surface area is 158 Å². The van der Waals surface area contributed by atoms with Gasteiger partial charge in [0.2, 0.25) is 10.0 Å². The number of nitrogens with two attached hydrogens (primary N) is 1. The standard InChI is InChI=1S/C18H22N4O4S/c1-13-10-21(11-14-5-3-2-4-6-14)12-17(13)20-16-8-7-15(27(19,25)26)9-18(16)22(23)24/h2-9,13,17,20H,10-12H2,1H3,(H2,19,25,26). The van der Waals surface area contributed by atoms with Crippen LogP contribution in [0.5, 0.6) is 0 Å². The first-order valence-electron chi connectivity index (χ1n) is 8.58. The van der Waals surface area contributed by atoms with Crippen molar-refractivity contribution in [1.29, 1.82) is 0 Å². The molecule has 0 aliphatic carbocycles. The number of hydrogen-bond donors (Lipinski definition) is 2. The van der Waals surface area contributed by atoms with Crippen molar-refractivity contribution in [2.24, 2.45) is 11.1 Å². The van der Waals surface area contributed by atoms with Crippen molar-refractivity contribution in [1.82, 2.24) is 4.90 Å². The zero-order valence-corrected chi connectivity index (χ0v) is 15.7. The molecule has 27 heavy (non-hydrogen) atoms. The van der Waals surface area contributed by atoms with E-state index in [0.29, 0.717) is 5.69 Å². The average Bonchev–Trinajstić information content (AvgIpc) is 2.94. The molecule has 1 aliphatic rings. The summed E-state index contributed by atoms with van der Waals surface area (Å²) in [6, 6.07) is 13.8. The largest absolute Gasteiger partial charge is 0.375 e. The number of nitrogens with one attached hydrogen (secondary N) is 1. The number of nitro groups is 1. The monoisotopic (exact) mass is 390 g/mol. The highest BCUT2D eigenvalue weighted by atomic mass is 32.2. The van der Waals surface area contributed by atoms with Crippen LogP contribution in [0.1, 0.15) is 12.5 Å². The molecule has 8 nitrogen and oxygen atoms in total. The fraction of sp³-hybridized carbons (Fsp3) is 0.333. The number of rotatable bonds is 6. The van der Waals surface area contributed by atoms with Gasteiger partial charge in [0, 0.05) is 31.7 Å². The van der Waals surface area contributed by atoms with Crippen LogP contribution in [0, 0.1) is 16.0 Å². The lowest BCUT2D eigenvalue weighted by atomic mass is 10.1. The van der Waals surface area contributed by atoms with E-state index >= 15 is 0 Å². The van der Waals surface area contributed by atoms with Crippen molar-refractivity contribution in [3.8, 4) is 0 Å². The molecule has 9 heteroatoms. The molecule has 2 aromatic rings. The fourth-order valence-electron chi connectivity index (χ4n) is 3.39. The first-order valence-corrected chi connectivity index (χ1v) is 10.1. The highest BCUT2D eigenvalue weighted by molar-refractivity contribution is 7.89. The van der Waals surface area contributed by atoms with Gasteiger partial charge in [-0.15, -0.1) is 0 Å². The lowest BCUT2D eigenvalue weighted by molar-refractivity contribution is -0.384. The number of anilines is 1. The molecule has 2 unspecified atom stereocenters. The summed E-state index contributed by atoms with van der Waals surface area (Å²) < 4.78 is 22.9. The van der Waals surface area contributed by atoms with Crippen LogP contribution in [-0.2, 0) is 16.6 Å². The molecule has 1 fully saturated rings. The van der Waals surface area contributed by atoms with Crippen LogP contribution in [0.25, 0.3) is 0 Å². The number of sulfonamides is 1. The van der Waals surface area contributed by atoms with Gasteiger partial charge in [-0.25, -0.2) is 13.6 Å². The Balaban J connectivity index is 1.76. The van der Waals surface area contributed by atoms with Crippen molar-refractivity contribution in [3.63, 3.8) is 0 Å². The summed E-state index contributed by atoms with van der Waals surface area (Å²) >= 11 is 0. The molecule has 0 aromatic heterocycles. The first-order chi connectivity index (χ1) is 12.7. The quantitative estimate of drug-likeness (QED) is 0.576. The number of nitro benzene ring substituents is 1. The Morgan fingerprint density at radius 2 is 1.93 bits per heavy atom. The van der Waals surface area contributed by atoms with Crippen LogP contribution < -0.4 is 10.5 Å². The first kappa shape index (κ1) is 19.3. The van der Waals surface area contributed by atoms with Crippen LogP contribution >= 0.6 is 0 Å². The van der Waals surface area contributed by atoms with Gasteiger partial charge in [-0.1, -0.05) is 37.3 Å². The van der Waals surface area contributed by atoms with Gasteiger partial charge in [0.05, 0.1) is 9.82 Å². The van der Waals surface area contributed by atoms with Gasteiger partial charge in [0.15, 0.2) is 0 Å². The molecule has 0 spiro atoms. The Bertz CT molecular complexity index is 934. The van der Waals surface area contributed by atoms with Gasteiger partial charge < -0.3 is 5.32 Å².